The number of aryl methyl sites for hydroxylation is 2. The van der Waals surface area contributed by atoms with Gasteiger partial charge >= 0.3 is 6.18 Å². The quantitative estimate of drug-likeness (QED) is 0.263. The van der Waals surface area contributed by atoms with E-state index >= 15 is 0 Å². The van der Waals surface area contributed by atoms with Crippen molar-refractivity contribution in [3.63, 3.8) is 0 Å². The lowest BCUT2D eigenvalue weighted by atomic mass is 10.1. The normalized spacial score (nSPS) is 11.3. The molecule has 4 aromatic heterocycles. The van der Waals surface area contributed by atoms with Crippen LogP contribution >= 0.6 is 0 Å². The lowest BCUT2D eigenvalue weighted by Gasteiger charge is -2.02. The van der Waals surface area contributed by atoms with Crippen molar-refractivity contribution in [1.82, 2.24) is 19.1 Å². The fraction of sp³-hybridized carbons (Fsp3) is 0.167. The van der Waals surface area contributed by atoms with E-state index in [-0.39, 0.29) is 16.7 Å². The molecule has 4 aromatic rings. The summed E-state index contributed by atoms with van der Waals surface area (Å²) in [5, 5.41) is 21.6. The Morgan fingerprint density at radius 1 is 0.969 bits per heavy atom. The van der Waals surface area contributed by atoms with Crippen molar-refractivity contribution in [3.8, 4) is 0 Å². The van der Waals surface area contributed by atoms with Crippen LogP contribution in [0.3, 0.4) is 0 Å². The maximum absolute atomic E-state index is 12.4. The summed E-state index contributed by atoms with van der Waals surface area (Å²) in [6.45, 7) is 0. The van der Waals surface area contributed by atoms with Crippen LogP contribution in [0.1, 0.15) is 10.4 Å². The number of rotatable bonds is 3. The molecule has 32 heavy (non-hydrogen) atoms. The highest BCUT2D eigenvalue weighted by Gasteiger charge is 2.41. The molecule has 0 spiro atoms. The molecular formula is C18H13F3N6O5. The third kappa shape index (κ3) is 4.23. The number of hydrogen-bond acceptors (Lipinski definition) is 7. The van der Waals surface area contributed by atoms with E-state index in [1.165, 1.54) is 23.9 Å². The number of nitrogens with zero attached hydrogens (tertiary/aromatic N) is 6. The van der Waals surface area contributed by atoms with Gasteiger partial charge in [-0.2, -0.15) is 13.2 Å². The molecule has 0 aromatic carbocycles. The molecule has 4 heterocycles. The minimum Gasteiger partial charge on any atom is -0.336 e. The monoisotopic (exact) mass is 450 g/mol. The van der Waals surface area contributed by atoms with Gasteiger partial charge in [0, 0.05) is 49.4 Å². The maximum atomic E-state index is 12.4. The van der Waals surface area contributed by atoms with Crippen LogP contribution in [0.15, 0.2) is 43.0 Å². The second-order valence-electron chi connectivity index (χ2n) is 6.59. The molecule has 0 saturated carbocycles. The number of alkyl halides is 3. The highest BCUT2D eigenvalue weighted by molar-refractivity contribution is 6.10. The van der Waals surface area contributed by atoms with E-state index in [0.29, 0.717) is 0 Å². The van der Waals surface area contributed by atoms with Gasteiger partial charge in [0.25, 0.3) is 17.2 Å². The Hall–Kier alpha value is -4.36. The molecule has 0 fully saturated rings. The Morgan fingerprint density at radius 2 is 1.53 bits per heavy atom. The number of pyridine rings is 2. The summed E-state index contributed by atoms with van der Waals surface area (Å²) in [5.41, 5.74) is -0.279. The van der Waals surface area contributed by atoms with E-state index in [2.05, 4.69) is 9.97 Å². The first-order valence-corrected chi connectivity index (χ1v) is 8.66. The van der Waals surface area contributed by atoms with Crippen LogP contribution in [0.4, 0.5) is 24.5 Å². The zero-order chi connectivity index (χ0) is 23.8. The Balaban J connectivity index is 0.000000193. The lowest BCUT2D eigenvalue weighted by Crippen LogP contribution is -2.22. The van der Waals surface area contributed by atoms with E-state index in [9.17, 15) is 38.2 Å². The zero-order valence-corrected chi connectivity index (χ0v) is 16.4. The van der Waals surface area contributed by atoms with Gasteiger partial charge in [-0.1, -0.05) is 0 Å². The molecule has 0 unspecified atom stereocenters. The predicted molar refractivity (Wildman–Crippen MR) is 105 cm³/mol. The minimum absolute atomic E-state index is 0.0266. The molecule has 0 aliphatic carbocycles. The standard InChI is InChI=1S/C10H6F3N3O3.C8H7N3O2/c1-15-4-7(8(17)10(11,12)13)6-2-5(16(18)19)3-14-9(6)15;1-10-3-2-6-4-7(11(12)13)5-9-8(6)10/h2-4H,1H3;2-5H,1H3. The first kappa shape index (κ1) is 22.3. The number of ketones is 1. The number of carbonyl (C=O) groups excluding carboxylic acids is 1. The SMILES string of the molecule is Cn1cc(C(=O)C(F)(F)F)c2cc([N+](=O)[O-])cnc21.Cn1ccc2cc([N+](=O)[O-])cnc21. The molecule has 14 heteroatoms. The highest BCUT2D eigenvalue weighted by atomic mass is 19.4. The number of Topliss-reactive ketones (excluding diaryl/α,β-unsaturated/α-hetero) is 1. The van der Waals surface area contributed by atoms with Crippen LogP contribution in [0.25, 0.3) is 22.1 Å². The van der Waals surface area contributed by atoms with Crippen LogP contribution in [-0.4, -0.2) is 40.9 Å². The average Bonchev–Trinajstić information content (AvgIpc) is 3.26. The number of nitro groups is 2. The van der Waals surface area contributed by atoms with Gasteiger partial charge in [-0.05, 0) is 6.07 Å². The number of hydrogen-bond donors (Lipinski definition) is 0. The van der Waals surface area contributed by atoms with E-state index in [4.69, 9.17) is 0 Å². The van der Waals surface area contributed by atoms with Gasteiger partial charge in [0.1, 0.15) is 23.7 Å². The van der Waals surface area contributed by atoms with Crippen molar-refractivity contribution >= 4 is 39.2 Å². The summed E-state index contributed by atoms with van der Waals surface area (Å²) in [5.74, 6) is -2.06. The van der Waals surface area contributed by atoms with E-state index < -0.39 is 33.1 Å². The molecule has 11 nitrogen and oxygen atoms in total. The lowest BCUT2D eigenvalue weighted by molar-refractivity contribution is -0.385. The molecule has 0 atom stereocenters. The van der Waals surface area contributed by atoms with E-state index in [1.54, 1.807) is 6.07 Å². The molecule has 4 rings (SSSR count). The predicted octanol–water partition coefficient (Wildman–Crippen LogP) is 3.71. The van der Waals surface area contributed by atoms with Crippen molar-refractivity contribution in [3.05, 3.63) is 68.8 Å². The van der Waals surface area contributed by atoms with Gasteiger partial charge in [-0.15, -0.1) is 0 Å². The number of fused-ring (bicyclic) bond motifs is 2. The van der Waals surface area contributed by atoms with Crippen LogP contribution < -0.4 is 0 Å². The summed E-state index contributed by atoms with van der Waals surface area (Å²) < 4.78 is 40.3. The Kier molecular flexibility index (Phi) is 5.62. The van der Waals surface area contributed by atoms with E-state index in [0.717, 1.165) is 29.5 Å². The first-order valence-electron chi connectivity index (χ1n) is 8.66. The molecule has 166 valence electrons. The molecule has 0 amide bonds. The summed E-state index contributed by atoms with van der Waals surface area (Å²) in [6.07, 6.45) is -0.0793. The van der Waals surface area contributed by atoms with Crippen molar-refractivity contribution in [2.75, 3.05) is 0 Å². The highest BCUT2D eigenvalue weighted by Crippen LogP contribution is 2.29. The molecule has 0 aliphatic heterocycles. The molecular weight excluding hydrogens is 437 g/mol. The number of halogens is 3. The van der Waals surface area contributed by atoms with Crippen molar-refractivity contribution in [1.29, 1.82) is 0 Å². The second-order valence-corrected chi connectivity index (χ2v) is 6.59. The van der Waals surface area contributed by atoms with Gasteiger partial charge in [-0.25, -0.2) is 9.97 Å². The molecule has 0 saturated heterocycles. The number of aromatic nitrogens is 4. The molecule has 0 radical (unpaired) electrons. The fourth-order valence-corrected chi connectivity index (χ4v) is 2.93. The summed E-state index contributed by atoms with van der Waals surface area (Å²) >= 11 is 0. The summed E-state index contributed by atoms with van der Waals surface area (Å²) in [4.78, 5) is 38.7. The van der Waals surface area contributed by atoms with Crippen LogP contribution in [0, 0.1) is 20.2 Å². The number of carbonyl (C=O) groups is 1. The molecule has 0 N–H and O–H groups in total. The minimum atomic E-state index is -5.04. The van der Waals surface area contributed by atoms with Gasteiger partial charge < -0.3 is 9.13 Å². The van der Waals surface area contributed by atoms with Crippen LogP contribution in [0.2, 0.25) is 0 Å². The Labute approximate surface area is 176 Å². The maximum Gasteiger partial charge on any atom is 0.454 e. The molecule has 0 aliphatic rings. The van der Waals surface area contributed by atoms with Gasteiger partial charge in [0.15, 0.2) is 0 Å². The topological polar surface area (TPSA) is 139 Å². The van der Waals surface area contributed by atoms with Crippen LogP contribution in [0.5, 0.6) is 0 Å². The summed E-state index contributed by atoms with van der Waals surface area (Å²) in [7, 11) is 3.25. The Morgan fingerprint density at radius 3 is 2.09 bits per heavy atom. The van der Waals surface area contributed by atoms with Crippen molar-refractivity contribution in [2.45, 2.75) is 6.18 Å². The van der Waals surface area contributed by atoms with Gasteiger partial charge in [0.05, 0.1) is 15.4 Å². The largest absolute Gasteiger partial charge is 0.454 e. The fourth-order valence-electron chi connectivity index (χ4n) is 2.93. The van der Waals surface area contributed by atoms with Gasteiger partial charge in [-0.3, -0.25) is 25.0 Å². The molecule has 0 bridgehead atoms. The average molecular weight is 450 g/mol. The smallest absolute Gasteiger partial charge is 0.336 e. The van der Waals surface area contributed by atoms with Gasteiger partial charge in [0.2, 0.25) is 0 Å². The Bertz CT molecular complexity index is 1370. The van der Waals surface area contributed by atoms with E-state index in [1.807, 2.05) is 17.8 Å². The third-order valence-electron chi connectivity index (χ3n) is 4.42. The van der Waals surface area contributed by atoms with Crippen LogP contribution in [-0.2, 0) is 14.1 Å². The van der Waals surface area contributed by atoms with Crippen molar-refractivity contribution < 1.29 is 27.8 Å². The zero-order valence-electron chi connectivity index (χ0n) is 16.4. The third-order valence-corrected chi connectivity index (χ3v) is 4.42. The first-order chi connectivity index (χ1) is 14.9. The second kappa shape index (κ2) is 8.05. The summed E-state index contributed by atoms with van der Waals surface area (Å²) in [6, 6.07) is 4.22. The van der Waals surface area contributed by atoms with Crippen molar-refractivity contribution in [2.24, 2.45) is 14.1 Å².